The summed E-state index contributed by atoms with van der Waals surface area (Å²) in [5.41, 5.74) is 0.398. The monoisotopic (exact) mass is 348 g/mol. The van der Waals surface area contributed by atoms with Crippen LogP contribution in [0.15, 0.2) is 42.0 Å². The Hall–Kier alpha value is -1.81. The number of carboxylic acids is 1. The van der Waals surface area contributed by atoms with Crippen LogP contribution in [0.2, 0.25) is 0 Å². The molecule has 140 valence electrons. The minimum absolute atomic E-state index is 0.148. The van der Waals surface area contributed by atoms with Gasteiger partial charge in [0.1, 0.15) is 12.4 Å². The maximum Gasteiger partial charge on any atom is 0.331 e. The van der Waals surface area contributed by atoms with Crippen molar-refractivity contribution < 1.29 is 19.4 Å². The minimum Gasteiger partial charge on any atom is -0.491 e. The number of aliphatic carboxylic acids is 1. The van der Waals surface area contributed by atoms with Crippen molar-refractivity contribution in [1.29, 1.82) is 0 Å². The van der Waals surface area contributed by atoms with Gasteiger partial charge in [-0.1, -0.05) is 58.9 Å². The van der Waals surface area contributed by atoms with E-state index in [-0.39, 0.29) is 10.8 Å². The van der Waals surface area contributed by atoms with Gasteiger partial charge in [0.15, 0.2) is 0 Å². The molecule has 0 unspecified atom stereocenters. The second-order valence-electron chi connectivity index (χ2n) is 8.22. The van der Waals surface area contributed by atoms with Crippen LogP contribution in [0.5, 0.6) is 5.75 Å². The summed E-state index contributed by atoms with van der Waals surface area (Å²) >= 11 is 0. The van der Waals surface area contributed by atoms with Gasteiger partial charge in [-0.3, -0.25) is 0 Å². The Morgan fingerprint density at radius 1 is 1.04 bits per heavy atom. The van der Waals surface area contributed by atoms with Crippen LogP contribution in [0.3, 0.4) is 0 Å². The van der Waals surface area contributed by atoms with Crippen LogP contribution >= 0.6 is 0 Å². The Kier molecular flexibility index (Phi) is 8.17. The second-order valence-corrected chi connectivity index (χ2v) is 8.22. The second kappa shape index (κ2) is 9.62. The average Bonchev–Trinajstić information content (AvgIpc) is 2.47. The topological polar surface area (TPSA) is 55.8 Å². The molecule has 4 heteroatoms. The molecular formula is C21H32O4. The van der Waals surface area contributed by atoms with Crippen LogP contribution < -0.4 is 4.74 Å². The van der Waals surface area contributed by atoms with Crippen molar-refractivity contribution in [2.75, 3.05) is 19.8 Å². The Bertz CT molecular complexity index is 553. The molecule has 0 atom stereocenters. The van der Waals surface area contributed by atoms with E-state index in [9.17, 15) is 9.90 Å². The summed E-state index contributed by atoms with van der Waals surface area (Å²) in [6, 6.07) is 9.55. The van der Waals surface area contributed by atoms with Crippen molar-refractivity contribution in [3.05, 3.63) is 42.0 Å². The number of hydrogen-bond acceptors (Lipinski definition) is 3. The van der Waals surface area contributed by atoms with E-state index in [2.05, 4.69) is 34.6 Å². The van der Waals surface area contributed by atoms with Crippen molar-refractivity contribution in [3.8, 4) is 5.75 Å². The van der Waals surface area contributed by atoms with Crippen LogP contribution in [-0.4, -0.2) is 30.9 Å². The average molecular weight is 348 g/mol. The first kappa shape index (κ1) is 21.2. The molecule has 0 amide bonds. The molecule has 0 radical (unpaired) electrons. The highest BCUT2D eigenvalue weighted by molar-refractivity contribution is 5.86. The van der Waals surface area contributed by atoms with E-state index < -0.39 is 5.97 Å². The molecule has 0 spiro atoms. The van der Waals surface area contributed by atoms with Gasteiger partial charge in [0.2, 0.25) is 0 Å². The lowest BCUT2D eigenvalue weighted by atomic mass is 9.75. The zero-order chi connectivity index (χ0) is 18.9. The van der Waals surface area contributed by atoms with Gasteiger partial charge in [0, 0.05) is 12.0 Å². The molecule has 4 nitrogen and oxygen atoms in total. The van der Waals surface area contributed by atoms with E-state index >= 15 is 0 Å². The molecule has 0 aliphatic rings. The summed E-state index contributed by atoms with van der Waals surface area (Å²) < 4.78 is 11.1. The van der Waals surface area contributed by atoms with Gasteiger partial charge in [0.05, 0.1) is 13.2 Å². The molecule has 0 heterocycles. The summed E-state index contributed by atoms with van der Waals surface area (Å²) in [5, 5.41) is 9.44. The maximum absolute atomic E-state index is 11.5. The van der Waals surface area contributed by atoms with Crippen molar-refractivity contribution in [2.24, 2.45) is 10.8 Å². The zero-order valence-electron chi connectivity index (χ0n) is 16.2. The molecular weight excluding hydrogens is 316 g/mol. The van der Waals surface area contributed by atoms with Crippen LogP contribution in [-0.2, 0) is 9.53 Å². The summed E-state index contributed by atoms with van der Waals surface area (Å²) in [7, 11) is 0. The van der Waals surface area contributed by atoms with Gasteiger partial charge in [-0.15, -0.1) is 0 Å². The van der Waals surface area contributed by atoms with Crippen molar-refractivity contribution in [2.45, 2.75) is 47.5 Å². The van der Waals surface area contributed by atoms with Gasteiger partial charge in [-0.25, -0.2) is 4.79 Å². The van der Waals surface area contributed by atoms with Gasteiger partial charge in [0.25, 0.3) is 0 Å². The lowest BCUT2D eigenvalue weighted by Gasteiger charge is -2.30. The summed E-state index contributed by atoms with van der Waals surface area (Å²) in [6.45, 7) is 11.9. The SMILES string of the molecule is CC(C)(C)CC(C)(C)C=C(CCOCCOc1ccccc1)C(=O)O. The lowest BCUT2D eigenvalue weighted by molar-refractivity contribution is -0.133. The molecule has 0 aliphatic heterocycles. The first-order valence-electron chi connectivity index (χ1n) is 8.80. The summed E-state index contributed by atoms with van der Waals surface area (Å²) in [5.74, 6) is -0.0627. The molecule has 1 aromatic carbocycles. The fraction of sp³-hybridized carbons (Fsp3) is 0.571. The maximum atomic E-state index is 11.5. The van der Waals surface area contributed by atoms with Gasteiger partial charge < -0.3 is 14.6 Å². The third-order valence-corrected chi connectivity index (χ3v) is 3.58. The van der Waals surface area contributed by atoms with Crippen LogP contribution in [0.1, 0.15) is 47.5 Å². The molecule has 0 saturated carbocycles. The Labute approximate surface area is 151 Å². The summed E-state index contributed by atoms with van der Waals surface area (Å²) in [4.78, 5) is 11.5. The van der Waals surface area contributed by atoms with Crippen LogP contribution in [0, 0.1) is 10.8 Å². The molecule has 0 aliphatic carbocycles. The lowest BCUT2D eigenvalue weighted by Crippen LogP contribution is -2.20. The number of ether oxygens (including phenoxy) is 2. The number of carboxylic acid groups (broad SMARTS) is 1. The van der Waals surface area contributed by atoms with Crippen LogP contribution in [0.4, 0.5) is 0 Å². The molecule has 0 aromatic heterocycles. The van der Waals surface area contributed by atoms with Crippen molar-refractivity contribution in [3.63, 3.8) is 0 Å². The fourth-order valence-corrected chi connectivity index (χ4v) is 3.15. The fourth-order valence-electron chi connectivity index (χ4n) is 3.15. The number of rotatable bonds is 10. The Morgan fingerprint density at radius 2 is 1.68 bits per heavy atom. The van der Waals surface area contributed by atoms with E-state index in [1.807, 2.05) is 36.4 Å². The minimum atomic E-state index is -0.869. The van der Waals surface area contributed by atoms with E-state index in [1.54, 1.807) is 0 Å². The molecule has 0 bridgehead atoms. The Balaban J connectivity index is 2.40. The quantitative estimate of drug-likeness (QED) is 0.480. The molecule has 0 fully saturated rings. The van der Waals surface area contributed by atoms with Gasteiger partial charge in [-0.2, -0.15) is 0 Å². The van der Waals surface area contributed by atoms with E-state index in [0.29, 0.717) is 31.8 Å². The van der Waals surface area contributed by atoms with Gasteiger partial charge >= 0.3 is 5.97 Å². The number of benzene rings is 1. The standard InChI is InChI=1S/C21H32O4/c1-20(2,3)16-21(4,5)15-17(19(22)23)11-12-24-13-14-25-18-9-7-6-8-10-18/h6-10,15H,11-14,16H2,1-5H3,(H,22,23). The van der Waals surface area contributed by atoms with Crippen molar-refractivity contribution in [1.82, 2.24) is 0 Å². The molecule has 0 saturated heterocycles. The number of carbonyl (C=O) groups is 1. The highest BCUT2D eigenvalue weighted by Crippen LogP contribution is 2.35. The van der Waals surface area contributed by atoms with E-state index in [1.165, 1.54) is 0 Å². The van der Waals surface area contributed by atoms with Crippen molar-refractivity contribution >= 4 is 5.97 Å². The normalized spacial score (nSPS) is 12.9. The predicted octanol–water partition coefficient (Wildman–Crippen LogP) is 4.95. The van der Waals surface area contributed by atoms with E-state index in [4.69, 9.17) is 9.47 Å². The van der Waals surface area contributed by atoms with Crippen LogP contribution in [0.25, 0.3) is 0 Å². The molecule has 1 aromatic rings. The third kappa shape index (κ3) is 9.92. The molecule has 1 N–H and O–H groups in total. The first-order valence-corrected chi connectivity index (χ1v) is 8.80. The van der Waals surface area contributed by atoms with Gasteiger partial charge in [-0.05, 0) is 29.4 Å². The number of para-hydroxylation sites is 1. The smallest absolute Gasteiger partial charge is 0.331 e. The zero-order valence-corrected chi connectivity index (χ0v) is 16.2. The highest BCUT2D eigenvalue weighted by atomic mass is 16.5. The highest BCUT2D eigenvalue weighted by Gasteiger charge is 2.25. The molecule has 1 rings (SSSR count). The molecule has 25 heavy (non-hydrogen) atoms. The largest absolute Gasteiger partial charge is 0.491 e. The predicted molar refractivity (Wildman–Crippen MR) is 101 cm³/mol. The third-order valence-electron chi connectivity index (χ3n) is 3.58. The van der Waals surface area contributed by atoms with E-state index in [0.717, 1.165) is 12.2 Å². The first-order chi connectivity index (χ1) is 11.6. The summed E-state index contributed by atoms with van der Waals surface area (Å²) in [6.07, 6.45) is 3.20. The number of allylic oxidation sites excluding steroid dienone is 1. The Morgan fingerprint density at radius 3 is 2.24 bits per heavy atom. The number of hydrogen-bond donors (Lipinski definition) is 1.